The van der Waals surface area contributed by atoms with E-state index in [9.17, 15) is 14.0 Å². The van der Waals surface area contributed by atoms with E-state index >= 15 is 0 Å². The van der Waals surface area contributed by atoms with E-state index in [0.29, 0.717) is 16.0 Å². The van der Waals surface area contributed by atoms with Crippen molar-refractivity contribution in [3.05, 3.63) is 58.5 Å². The Morgan fingerprint density at radius 1 is 1.29 bits per heavy atom. The fourth-order valence-corrected chi connectivity index (χ4v) is 3.69. The van der Waals surface area contributed by atoms with Crippen molar-refractivity contribution in [2.24, 2.45) is 5.73 Å². The first-order valence-corrected chi connectivity index (χ1v) is 9.89. The number of hydrogen-bond acceptors (Lipinski definition) is 6. The van der Waals surface area contributed by atoms with Crippen molar-refractivity contribution in [1.82, 2.24) is 15.2 Å². The van der Waals surface area contributed by atoms with Crippen LogP contribution in [-0.4, -0.2) is 32.2 Å². The topological polar surface area (TPSA) is 114 Å². The number of amides is 2. The standard InChI is InChI=1S/C18H16FN5O2S2/c1-10(16(26)22-17-13(15(20)25)8-9-27-17)28-18-21-14(23-24-18)7-4-11-2-5-12(19)6-3-11/h2-10H,1H3,(H2,20,25)(H,22,26)(H,21,23,24)/b7-4+. The van der Waals surface area contributed by atoms with Crippen LogP contribution in [0.4, 0.5) is 9.39 Å². The summed E-state index contributed by atoms with van der Waals surface area (Å²) in [6.45, 7) is 1.71. The number of anilines is 1. The van der Waals surface area contributed by atoms with E-state index in [-0.39, 0.29) is 17.3 Å². The lowest BCUT2D eigenvalue weighted by Gasteiger charge is -2.09. The third kappa shape index (κ3) is 5.05. The van der Waals surface area contributed by atoms with Gasteiger partial charge >= 0.3 is 0 Å². The molecule has 0 spiro atoms. The molecular weight excluding hydrogens is 401 g/mol. The molecule has 0 saturated heterocycles. The van der Waals surface area contributed by atoms with Crippen molar-refractivity contribution >= 4 is 52.1 Å². The van der Waals surface area contributed by atoms with Crippen LogP contribution in [0.15, 0.2) is 40.9 Å². The molecule has 0 aliphatic heterocycles. The summed E-state index contributed by atoms with van der Waals surface area (Å²) in [7, 11) is 0. The van der Waals surface area contributed by atoms with Crippen LogP contribution in [0.1, 0.15) is 28.7 Å². The Kier molecular flexibility index (Phi) is 6.22. The Labute approximate surface area is 168 Å². The maximum Gasteiger partial charge on any atom is 0.251 e. The first-order chi connectivity index (χ1) is 13.4. The number of nitrogens with one attached hydrogen (secondary N) is 2. The Morgan fingerprint density at radius 3 is 2.75 bits per heavy atom. The molecule has 0 aliphatic rings. The van der Waals surface area contributed by atoms with E-state index in [0.717, 1.165) is 5.56 Å². The van der Waals surface area contributed by atoms with Gasteiger partial charge in [-0.3, -0.25) is 14.7 Å². The van der Waals surface area contributed by atoms with E-state index in [4.69, 9.17) is 5.73 Å². The number of nitrogens with two attached hydrogens (primary N) is 1. The Morgan fingerprint density at radius 2 is 2.04 bits per heavy atom. The molecule has 1 unspecified atom stereocenters. The normalized spacial score (nSPS) is 12.2. The first kappa shape index (κ1) is 19.8. The summed E-state index contributed by atoms with van der Waals surface area (Å²) in [6.07, 6.45) is 3.48. The highest BCUT2D eigenvalue weighted by molar-refractivity contribution is 8.00. The highest BCUT2D eigenvalue weighted by Gasteiger charge is 2.19. The molecule has 0 bridgehead atoms. The average molecular weight is 417 g/mol. The molecule has 3 rings (SSSR count). The van der Waals surface area contributed by atoms with Crippen LogP contribution in [0, 0.1) is 5.82 Å². The highest BCUT2D eigenvalue weighted by atomic mass is 32.2. The lowest BCUT2D eigenvalue weighted by molar-refractivity contribution is -0.115. The molecule has 1 atom stereocenters. The second kappa shape index (κ2) is 8.81. The predicted molar refractivity (Wildman–Crippen MR) is 108 cm³/mol. The lowest BCUT2D eigenvalue weighted by atomic mass is 10.2. The smallest absolute Gasteiger partial charge is 0.251 e. The summed E-state index contributed by atoms with van der Waals surface area (Å²) in [5, 5.41) is 11.6. The first-order valence-electron chi connectivity index (χ1n) is 8.13. The van der Waals surface area contributed by atoms with Gasteiger partial charge in [0.05, 0.1) is 10.8 Å². The molecule has 144 valence electrons. The van der Waals surface area contributed by atoms with E-state index in [1.807, 2.05) is 0 Å². The number of nitrogens with zero attached hydrogens (tertiary/aromatic N) is 2. The van der Waals surface area contributed by atoms with Crippen LogP contribution >= 0.6 is 23.1 Å². The van der Waals surface area contributed by atoms with Gasteiger partial charge in [-0.15, -0.1) is 16.4 Å². The fraction of sp³-hybridized carbons (Fsp3) is 0.111. The van der Waals surface area contributed by atoms with Gasteiger partial charge in [0, 0.05) is 0 Å². The molecule has 0 saturated carbocycles. The molecule has 2 heterocycles. The van der Waals surface area contributed by atoms with Crippen LogP contribution in [0.5, 0.6) is 0 Å². The van der Waals surface area contributed by atoms with E-state index < -0.39 is 11.2 Å². The molecule has 10 heteroatoms. The summed E-state index contributed by atoms with van der Waals surface area (Å²) in [6, 6.07) is 7.61. The monoisotopic (exact) mass is 417 g/mol. The van der Waals surface area contributed by atoms with Gasteiger partial charge in [0.15, 0.2) is 0 Å². The number of carbonyl (C=O) groups excluding carboxylic acids is 2. The van der Waals surface area contributed by atoms with E-state index in [1.54, 1.807) is 42.7 Å². The summed E-state index contributed by atoms with van der Waals surface area (Å²) in [5.41, 5.74) is 6.38. The van der Waals surface area contributed by atoms with Gasteiger partial charge in [0.1, 0.15) is 16.6 Å². The van der Waals surface area contributed by atoms with Crippen molar-refractivity contribution < 1.29 is 14.0 Å². The number of thioether (sulfide) groups is 1. The quantitative estimate of drug-likeness (QED) is 0.510. The zero-order valence-electron chi connectivity index (χ0n) is 14.7. The second-order valence-corrected chi connectivity index (χ2v) is 7.89. The number of halogens is 1. The minimum absolute atomic E-state index is 0.279. The third-order valence-corrected chi connectivity index (χ3v) is 5.40. The molecule has 4 N–H and O–H groups in total. The molecule has 2 aromatic heterocycles. The Bertz CT molecular complexity index is 1010. The molecule has 0 radical (unpaired) electrons. The van der Waals surface area contributed by atoms with Crippen LogP contribution in [0.3, 0.4) is 0 Å². The number of aromatic nitrogens is 3. The number of thiophene rings is 1. The van der Waals surface area contributed by atoms with Gasteiger partial charge < -0.3 is 11.1 Å². The Hall–Kier alpha value is -2.98. The van der Waals surface area contributed by atoms with E-state index in [2.05, 4.69) is 20.5 Å². The fourth-order valence-electron chi connectivity index (χ4n) is 2.16. The van der Waals surface area contributed by atoms with E-state index in [1.165, 1.54) is 35.2 Å². The zero-order valence-corrected chi connectivity index (χ0v) is 16.3. The number of carbonyl (C=O) groups is 2. The molecule has 28 heavy (non-hydrogen) atoms. The summed E-state index contributed by atoms with van der Waals surface area (Å²) >= 11 is 2.40. The molecule has 7 nitrogen and oxygen atoms in total. The van der Waals surface area contributed by atoms with Crippen LogP contribution in [0.2, 0.25) is 0 Å². The number of benzene rings is 1. The van der Waals surface area contributed by atoms with Crippen molar-refractivity contribution in [1.29, 1.82) is 0 Å². The number of aromatic amines is 1. The third-order valence-electron chi connectivity index (χ3n) is 3.60. The second-order valence-electron chi connectivity index (χ2n) is 5.67. The maximum absolute atomic E-state index is 12.9. The van der Waals surface area contributed by atoms with Crippen molar-refractivity contribution in [3.63, 3.8) is 0 Å². The Balaban J connectivity index is 1.59. The molecular formula is C18H16FN5O2S2. The number of hydrogen-bond donors (Lipinski definition) is 3. The largest absolute Gasteiger partial charge is 0.366 e. The van der Waals surface area contributed by atoms with Gasteiger partial charge in [-0.1, -0.05) is 30.0 Å². The van der Waals surface area contributed by atoms with Crippen LogP contribution in [0.25, 0.3) is 12.2 Å². The van der Waals surface area contributed by atoms with Crippen molar-refractivity contribution in [3.8, 4) is 0 Å². The zero-order chi connectivity index (χ0) is 20.1. The minimum Gasteiger partial charge on any atom is -0.366 e. The number of rotatable bonds is 7. The summed E-state index contributed by atoms with van der Waals surface area (Å²) in [4.78, 5) is 28.0. The van der Waals surface area contributed by atoms with Gasteiger partial charge in [-0.05, 0) is 42.1 Å². The maximum atomic E-state index is 12.9. The SMILES string of the molecule is CC(Sc1n[nH]c(/C=C/c2ccc(F)cc2)n1)C(=O)Nc1sccc1C(N)=O. The molecule has 2 amide bonds. The molecule has 0 aliphatic carbocycles. The highest BCUT2D eigenvalue weighted by Crippen LogP contribution is 2.25. The van der Waals surface area contributed by atoms with Crippen LogP contribution < -0.4 is 11.1 Å². The molecule has 0 fully saturated rings. The average Bonchev–Trinajstić information content (AvgIpc) is 3.30. The van der Waals surface area contributed by atoms with Crippen molar-refractivity contribution in [2.75, 3.05) is 5.32 Å². The van der Waals surface area contributed by atoms with Crippen LogP contribution in [-0.2, 0) is 4.79 Å². The molecule has 3 aromatic rings. The van der Waals surface area contributed by atoms with Gasteiger partial charge in [-0.2, -0.15) is 0 Å². The summed E-state index contributed by atoms with van der Waals surface area (Å²) in [5.74, 6) is -0.673. The van der Waals surface area contributed by atoms with Gasteiger partial charge in [-0.25, -0.2) is 9.37 Å². The molecule has 1 aromatic carbocycles. The van der Waals surface area contributed by atoms with Gasteiger partial charge in [0.2, 0.25) is 11.1 Å². The number of H-pyrrole nitrogens is 1. The summed E-state index contributed by atoms with van der Waals surface area (Å²) < 4.78 is 12.9. The minimum atomic E-state index is -0.594. The predicted octanol–water partition coefficient (Wildman–Crippen LogP) is 3.39. The number of primary amides is 1. The van der Waals surface area contributed by atoms with Crippen molar-refractivity contribution in [2.45, 2.75) is 17.3 Å². The van der Waals surface area contributed by atoms with Gasteiger partial charge in [0.25, 0.3) is 5.91 Å². The lowest BCUT2D eigenvalue weighted by Crippen LogP contribution is -2.23.